The molecule has 1 aromatic rings. The van der Waals surface area contributed by atoms with Gasteiger partial charge in [-0.3, -0.25) is 0 Å². The molecule has 0 amide bonds. The third-order valence-electron chi connectivity index (χ3n) is 3.22. The van der Waals surface area contributed by atoms with Crippen LogP contribution in [0.2, 0.25) is 0 Å². The SMILES string of the molecule is CCCOC1C(N)CC1Oc1ccc(OC)cc1Br. The van der Waals surface area contributed by atoms with E-state index in [-0.39, 0.29) is 18.2 Å². The number of halogens is 1. The lowest BCUT2D eigenvalue weighted by Gasteiger charge is -2.41. The zero-order valence-electron chi connectivity index (χ0n) is 11.3. The first-order valence-electron chi connectivity index (χ1n) is 6.53. The Morgan fingerprint density at radius 1 is 1.42 bits per heavy atom. The van der Waals surface area contributed by atoms with Crippen LogP contribution < -0.4 is 15.2 Å². The van der Waals surface area contributed by atoms with Crippen LogP contribution in [-0.2, 0) is 4.74 Å². The smallest absolute Gasteiger partial charge is 0.134 e. The van der Waals surface area contributed by atoms with E-state index in [1.807, 2.05) is 18.2 Å². The minimum Gasteiger partial charge on any atom is -0.497 e. The van der Waals surface area contributed by atoms with E-state index < -0.39 is 0 Å². The molecular formula is C14H20BrNO3. The van der Waals surface area contributed by atoms with Crippen LogP contribution in [0.25, 0.3) is 0 Å². The number of rotatable bonds is 6. The van der Waals surface area contributed by atoms with Crippen molar-refractivity contribution in [1.29, 1.82) is 0 Å². The van der Waals surface area contributed by atoms with Crippen molar-refractivity contribution >= 4 is 15.9 Å². The van der Waals surface area contributed by atoms with E-state index in [4.69, 9.17) is 19.9 Å². The molecule has 1 fully saturated rings. The van der Waals surface area contributed by atoms with Gasteiger partial charge in [-0.2, -0.15) is 0 Å². The summed E-state index contributed by atoms with van der Waals surface area (Å²) in [4.78, 5) is 0. The Kier molecular flexibility index (Phi) is 5.07. The van der Waals surface area contributed by atoms with Crippen molar-refractivity contribution in [2.75, 3.05) is 13.7 Å². The van der Waals surface area contributed by atoms with Gasteiger partial charge in [-0.25, -0.2) is 0 Å². The summed E-state index contributed by atoms with van der Waals surface area (Å²) in [5, 5.41) is 0. The van der Waals surface area contributed by atoms with Gasteiger partial charge in [-0.1, -0.05) is 6.92 Å². The standard InChI is InChI=1S/C14H20BrNO3/c1-3-6-18-14-11(16)8-13(14)19-12-5-4-9(17-2)7-10(12)15/h4-5,7,11,13-14H,3,6,8,16H2,1-2H3. The van der Waals surface area contributed by atoms with Crippen LogP contribution in [0.5, 0.6) is 11.5 Å². The minimum atomic E-state index is -0.00560. The molecule has 19 heavy (non-hydrogen) atoms. The molecule has 0 spiro atoms. The van der Waals surface area contributed by atoms with Crippen molar-refractivity contribution in [3.8, 4) is 11.5 Å². The monoisotopic (exact) mass is 329 g/mol. The predicted molar refractivity (Wildman–Crippen MR) is 77.7 cm³/mol. The number of benzene rings is 1. The average molecular weight is 330 g/mol. The highest BCUT2D eigenvalue weighted by atomic mass is 79.9. The first kappa shape index (κ1) is 14.6. The highest BCUT2D eigenvalue weighted by molar-refractivity contribution is 9.10. The quantitative estimate of drug-likeness (QED) is 0.871. The molecule has 1 aromatic carbocycles. The molecular weight excluding hydrogens is 310 g/mol. The molecule has 1 aliphatic carbocycles. The van der Waals surface area contributed by atoms with Gasteiger partial charge in [0.05, 0.1) is 11.6 Å². The lowest BCUT2D eigenvalue weighted by molar-refractivity contribution is -0.0982. The van der Waals surface area contributed by atoms with Crippen LogP contribution in [-0.4, -0.2) is 32.0 Å². The van der Waals surface area contributed by atoms with Crippen molar-refractivity contribution in [1.82, 2.24) is 0 Å². The van der Waals surface area contributed by atoms with Crippen LogP contribution in [0.4, 0.5) is 0 Å². The van der Waals surface area contributed by atoms with Gasteiger partial charge in [0.2, 0.25) is 0 Å². The van der Waals surface area contributed by atoms with E-state index in [1.54, 1.807) is 7.11 Å². The maximum atomic E-state index is 5.95. The number of methoxy groups -OCH3 is 1. The van der Waals surface area contributed by atoms with E-state index in [0.29, 0.717) is 0 Å². The molecule has 0 bridgehead atoms. The van der Waals surface area contributed by atoms with Gasteiger partial charge in [0.15, 0.2) is 0 Å². The summed E-state index contributed by atoms with van der Waals surface area (Å²) >= 11 is 3.48. The summed E-state index contributed by atoms with van der Waals surface area (Å²) in [5.74, 6) is 1.59. The topological polar surface area (TPSA) is 53.7 Å². The summed E-state index contributed by atoms with van der Waals surface area (Å²) in [6.45, 7) is 2.81. The molecule has 2 rings (SSSR count). The zero-order valence-corrected chi connectivity index (χ0v) is 12.9. The third kappa shape index (κ3) is 3.41. The van der Waals surface area contributed by atoms with E-state index in [1.165, 1.54) is 0 Å². The maximum absolute atomic E-state index is 5.95. The molecule has 3 atom stereocenters. The Labute approximate surface area is 122 Å². The molecule has 1 aliphatic rings. The van der Waals surface area contributed by atoms with E-state index in [2.05, 4.69) is 22.9 Å². The molecule has 3 unspecified atom stereocenters. The van der Waals surface area contributed by atoms with Crippen molar-refractivity contribution in [3.63, 3.8) is 0 Å². The fraction of sp³-hybridized carbons (Fsp3) is 0.571. The molecule has 0 radical (unpaired) electrons. The highest BCUT2D eigenvalue weighted by Gasteiger charge is 2.41. The van der Waals surface area contributed by atoms with Gasteiger partial charge in [-0.05, 0) is 40.5 Å². The van der Waals surface area contributed by atoms with Crippen molar-refractivity contribution in [3.05, 3.63) is 22.7 Å². The molecule has 0 aromatic heterocycles. The van der Waals surface area contributed by atoms with Gasteiger partial charge >= 0.3 is 0 Å². The van der Waals surface area contributed by atoms with E-state index >= 15 is 0 Å². The molecule has 0 heterocycles. The van der Waals surface area contributed by atoms with Gasteiger partial charge < -0.3 is 19.9 Å². The Hall–Kier alpha value is -0.780. The summed E-state index contributed by atoms with van der Waals surface area (Å²) in [5.41, 5.74) is 5.95. The maximum Gasteiger partial charge on any atom is 0.134 e. The average Bonchev–Trinajstić information content (AvgIpc) is 2.40. The second-order valence-electron chi connectivity index (χ2n) is 4.69. The Balaban J connectivity index is 1.97. The second kappa shape index (κ2) is 6.59. The van der Waals surface area contributed by atoms with Crippen LogP contribution >= 0.6 is 15.9 Å². The molecule has 5 heteroatoms. The van der Waals surface area contributed by atoms with Crippen LogP contribution in [0.15, 0.2) is 22.7 Å². The third-order valence-corrected chi connectivity index (χ3v) is 3.84. The van der Waals surface area contributed by atoms with Crippen LogP contribution in [0.1, 0.15) is 19.8 Å². The summed E-state index contributed by atoms with van der Waals surface area (Å²) in [7, 11) is 1.64. The highest BCUT2D eigenvalue weighted by Crippen LogP contribution is 2.34. The van der Waals surface area contributed by atoms with E-state index in [0.717, 1.165) is 35.4 Å². The van der Waals surface area contributed by atoms with Crippen LogP contribution in [0, 0.1) is 0 Å². The number of hydrogen-bond donors (Lipinski definition) is 1. The largest absolute Gasteiger partial charge is 0.497 e. The first-order chi connectivity index (χ1) is 9.15. The lowest BCUT2D eigenvalue weighted by Crippen LogP contribution is -2.59. The lowest BCUT2D eigenvalue weighted by atomic mass is 9.86. The Morgan fingerprint density at radius 2 is 2.21 bits per heavy atom. The molecule has 2 N–H and O–H groups in total. The van der Waals surface area contributed by atoms with Crippen molar-refractivity contribution in [2.45, 2.75) is 38.0 Å². The van der Waals surface area contributed by atoms with Gasteiger partial charge in [0.1, 0.15) is 23.7 Å². The Morgan fingerprint density at radius 3 is 2.79 bits per heavy atom. The Bertz CT molecular complexity index is 427. The molecule has 106 valence electrons. The van der Waals surface area contributed by atoms with E-state index in [9.17, 15) is 0 Å². The summed E-state index contributed by atoms with van der Waals surface area (Å²) in [6.07, 6.45) is 1.84. The first-order valence-corrected chi connectivity index (χ1v) is 7.32. The van der Waals surface area contributed by atoms with Crippen molar-refractivity contribution < 1.29 is 14.2 Å². The fourth-order valence-electron chi connectivity index (χ4n) is 2.08. The number of hydrogen-bond acceptors (Lipinski definition) is 4. The van der Waals surface area contributed by atoms with Crippen molar-refractivity contribution in [2.24, 2.45) is 5.73 Å². The molecule has 1 saturated carbocycles. The normalized spacial score (nSPS) is 25.8. The summed E-state index contributed by atoms with van der Waals surface area (Å²) < 4.78 is 17.7. The summed E-state index contributed by atoms with van der Waals surface area (Å²) in [6, 6.07) is 5.73. The van der Waals surface area contributed by atoms with Gasteiger partial charge in [0.25, 0.3) is 0 Å². The predicted octanol–water partition coefficient (Wildman–Crippen LogP) is 2.73. The van der Waals surface area contributed by atoms with Crippen LogP contribution in [0.3, 0.4) is 0 Å². The second-order valence-corrected chi connectivity index (χ2v) is 5.54. The molecule has 0 saturated heterocycles. The minimum absolute atomic E-state index is 0.00560. The van der Waals surface area contributed by atoms with Gasteiger partial charge in [0, 0.05) is 19.1 Å². The number of ether oxygens (including phenoxy) is 3. The molecule has 0 aliphatic heterocycles. The number of nitrogens with two attached hydrogens (primary N) is 1. The fourth-order valence-corrected chi connectivity index (χ4v) is 2.53. The van der Waals surface area contributed by atoms with Gasteiger partial charge in [-0.15, -0.1) is 0 Å². The zero-order chi connectivity index (χ0) is 13.8. The molecule has 4 nitrogen and oxygen atoms in total.